The summed E-state index contributed by atoms with van der Waals surface area (Å²) in [5.74, 6) is 0. The van der Waals surface area contributed by atoms with Crippen LogP contribution in [0.15, 0.2) is 30.3 Å². The summed E-state index contributed by atoms with van der Waals surface area (Å²) < 4.78 is 1.44. The summed E-state index contributed by atoms with van der Waals surface area (Å²) in [6, 6.07) is 10.5. The highest BCUT2D eigenvalue weighted by Gasteiger charge is 2.13. The largest absolute Gasteiger partial charge is 0.274 e. The fraction of sp³-hybridized carbons (Fsp3) is 0.0833. The molecule has 0 saturated carbocycles. The molecule has 0 bridgehead atoms. The molecule has 0 radical (unpaired) electrons. The van der Waals surface area contributed by atoms with Crippen molar-refractivity contribution in [2.24, 2.45) is 0 Å². The molecule has 0 unspecified atom stereocenters. The van der Waals surface area contributed by atoms with Crippen molar-refractivity contribution in [3.63, 3.8) is 0 Å². The van der Waals surface area contributed by atoms with Gasteiger partial charge in [-0.05, 0) is 42.8 Å². The van der Waals surface area contributed by atoms with Gasteiger partial charge in [0.15, 0.2) is 0 Å². The molecule has 0 fully saturated rings. The van der Waals surface area contributed by atoms with Gasteiger partial charge in [-0.3, -0.25) is 4.79 Å². The number of rotatable bonds is 2. The Morgan fingerprint density at radius 3 is 2.88 bits per heavy atom. The molecule has 1 aromatic heterocycles. The molecule has 0 atom stereocenters. The number of nitrogens with zero attached hydrogens (tertiary/aromatic N) is 3. The van der Waals surface area contributed by atoms with Crippen LogP contribution in [0.5, 0.6) is 0 Å². The summed E-state index contributed by atoms with van der Waals surface area (Å²) in [5.41, 5.74) is 2.13. The van der Waals surface area contributed by atoms with Gasteiger partial charge in [-0.25, -0.2) is 4.68 Å². The van der Waals surface area contributed by atoms with Crippen LogP contribution in [0.25, 0.3) is 5.69 Å². The predicted octanol–water partition coefficient (Wildman–Crippen LogP) is 2.43. The van der Waals surface area contributed by atoms with Crippen LogP contribution in [0.1, 0.15) is 21.7 Å². The molecule has 5 heteroatoms. The second kappa shape index (κ2) is 4.40. The van der Waals surface area contributed by atoms with Crippen molar-refractivity contribution >= 4 is 16.8 Å². The lowest BCUT2D eigenvalue weighted by atomic mass is 10.2. The summed E-state index contributed by atoms with van der Waals surface area (Å²) in [7, 11) is 0. The number of halogens is 1. The highest BCUT2D eigenvalue weighted by molar-refractivity contribution is 6.67. The zero-order valence-electron chi connectivity index (χ0n) is 9.01. The van der Waals surface area contributed by atoms with E-state index in [1.807, 2.05) is 6.07 Å². The van der Waals surface area contributed by atoms with Crippen LogP contribution in [0, 0.1) is 18.3 Å². The third-order valence-electron chi connectivity index (χ3n) is 2.25. The topological polar surface area (TPSA) is 58.7 Å². The molecule has 0 aliphatic carbocycles. The molecular weight excluding hydrogens is 238 g/mol. The molecule has 0 spiro atoms. The summed E-state index contributed by atoms with van der Waals surface area (Å²) in [6.45, 7) is 1.77. The predicted molar refractivity (Wildman–Crippen MR) is 63.2 cm³/mol. The van der Waals surface area contributed by atoms with Gasteiger partial charge in [-0.2, -0.15) is 10.4 Å². The maximum Gasteiger partial charge on any atom is 0.270 e. The standard InChI is InChI=1S/C12H8ClN3O/c1-8-5-11(12(13)17)16(15-8)10-4-2-3-9(6-10)7-14/h2-6H,1H3. The van der Waals surface area contributed by atoms with Crippen molar-refractivity contribution in [2.45, 2.75) is 6.92 Å². The van der Waals surface area contributed by atoms with Crippen LogP contribution in [0.3, 0.4) is 0 Å². The van der Waals surface area contributed by atoms with E-state index in [0.717, 1.165) is 0 Å². The lowest BCUT2D eigenvalue weighted by Crippen LogP contribution is -2.04. The van der Waals surface area contributed by atoms with Gasteiger partial charge in [0.2, 0.25) is 0 Å². The first-order valence-electron chi connectivity index (χ1n) is 4.89. The smallest absolute Gasteiger partial charge is 0.270 e. The van der Waals surface area contributed by atoms with Gasteiger partial charge in [-0.15, -0.1) is 0 Å². The molecule has 2 rings (SSSR count). The summed E-state index contributed by atoms with van der Waals surface area (Å²) >= 11 is 5.48. The highest BCUT2D eigenvalue weighted by atomic mass is 35.5. The van der Waals surface area contributed by atoms with Crippen molar-refractivity contribution in [1.29, 1.82) is 5.26 Å². The molecule has 0 N–H and O–H groups in total. The fourth-order valence-corrected chi connectivity index (χ4v) is 1.68. The summed E-state index contributed by atoms with van der Waals surface area (Å²) in [5, 5.41) is 12.4. The summed E-state index contributed by atoms with van der Waals surface area (Å²) in [4.78, 5) is 11.2. The van der Waals surface area contributed by atoms with E-state index in [9.17, 15) is 4.79 Å². The maximum atomic E-state index is 11.2. The molecule has 0 saturated heterocycles. The summed E-state index contributed by atoms with van der Waals surface area (Å²) in [6.07, 6.45) is 0. The normalized spacial score (nSPS) is 9.94. The van der Waals surface area contributed by atoms with E-state index in [2.05, 4.69) is 5.10 Å². The number of hydrogen-bond donors (Lipinski definition) is 0. The Bertz CT molecular complexity index is 625. The van der Waals surface area contributed by atoms with Crippen LogP contribution < -0.4 is 0 Å². The molecule has 1 heterocycles. The lowest BCUT2D eigenvalue weighted by molar-refractivity contribution is 0.107. The zero-order valence-corrected chi connectivity index (χ0v) is 9.77. The van der Waals surface area contributed by atoms with Gasteiger partial charge < -0.3 is 0 Å². The number of nitriles is 1. The second-order valence-electron chi connectivity index (χ2n) is 3.52. The molecule has 2 aromatic rings. The highest BCUT2D eigenvalue weighted by Crippen LogP contribution is 2.15. The van der Waals surface area contributed by atoms with E-state index in [1.165, 1.54) is 4.68 Å². The number of carbonyl (C=O) groups excluding carboxylic acids is 1. The third kappa shape index (κ3) is 2.19. The van der Waals surface area contributed by atoms with Crippen molar-refractivity contribution in [1.82, 2.24) is 9.78 Å². The maximum absolute atomic E-state index is 11.2. The van der Waals surface area contributed by atoms with Gasteiger partial charge in [0.25, 0.3) is 5.24 Å². The Balaban J connectivity index is 2.60. The fourth-order valence-electron chi connectivity index (χ4n) is 1.54. The van der Waals surface area contributed by atoms with Crippen LogP contribution in [0.2, 0.25) is 0 Å². The van der Waals surface area contributed by atoms with Crippen molar-refractivity contribution in [3.05, 3.63) is 47.3 Å². The monoisotopic (exact) mass is 245 g/mol. The minimum absolute atomic E-state index is 0.291. The molecular formula is C12H8ClN3O. The molecule has 0 aliphatic rings. The van der Waals surface area contributed by atoms with Gasteiger partial charge in [-0.1, -0.05) is 6.07 Å². The number of aryl methyl sites for hydroxylation is 1. The first-order chi connectivity index (χ1) is 8.11. The number of aromatic nitrogens is 2. The Morgan fingerprint density at radius 1 is 1.47 bits per heavy atom. The number of hydrogen-bond acceptors (Lipinski definition) is 3. The van der Waals surface area contributed by atoms with E-state index in [1.54, 1.807) is 37.3 Å². The number of carbonyl (C=O) groups is 1. The van der Waals surface area contributed by atoms with Gasteiger partial charge in [0, 0.05) is 0 Å². The van der Waals surface area contributed by atoms with E-state index in [4.69, 9.17) is 16.9 Å². The minimum Gasteiger partial charge on any atom is -0.274 e. The van der Waals surface area contributed by atoms with Crippen LogP contribution in [0.4, 0.5) is 0 Å². The van der Waals surface area contributed by atoms with E-state index < -0.39 is 5.24 Å². The van der Waals surface area contributed by atoms with Crippen LogP contribution in [-0.2, 0) is 0 Å². The molecule has 0 amide bonds. The Kier molecular flexibility index (Phi) is 2.94. The Hall–Kier alpha value is -2.12. The van der Waals surface area contributed by atoms with E-state index in [0.29, 0.717) is 22.6 Å². The molecule has 4 nitrogen and oxygen atoms in total. The van der Waals surface area contributed by atoms with Crippen LogP contribution in [-0.4, -0.2) is 15.0 Å². The van der Waals surface area contributed by atoms with Crippen LogP contribution >= 0.6 is 11.6 Å². The Labute approximate surface area is 103 Å². The average molecular weight is 246 g/mol. The minimum atomic E-state index is -0.576. The third-order valence-corrected chi connectivity index (χ3v) is 2.45. The van der Waals surface area contributed by atoms with E-state index >= 15 is 0 Å². The number of benzene rings is 1. The second-order valence-corrected chi connectivity index (χ2v) is 3.86. The first kappa shape index (κ1) is 11.4. The zero-order chi connectivity index (χ0) is 12.4. The SMILES string of the molecule is Cc1cc(C(=O)Cl)n(-c2cccc(C#N)c2)n1. The molecule has 1 aromatic carbocycles. The van der Waals surface area contributed by atoms with E-state index in [-0.39, 0.29) is 0 Å². The molecule has 17 heavy (non-hydrogen) atoms. The van der Waals surface area contributed by atoms with Gasteiger partial charge in [0.05, 0.1) is 23.0 Å². The van der Waals surface area contributed by atoms with Crippen molar-refractivity contribution in [2.75, 3.05) is 0 Å². The van der Waals surface area contributed by atoms with Gasteiger partial charge in [0.1, 0.15) is 5.69 Å². The lowest BCUT2D eigenvalue weighted by Gasteiger charge is -2.04. The Morgan fingerprint density at radius 2 is 2.24 bits per heavy atom. The first-order valence-corrected chi connectivity index (χ1v) is 5.26. The molecule has 0 aliphatic heterocycles. The van der Waals surface area contributed by atoms with Crippen molar-refractivity contribution in [3.8, 4) is 11.8 Å². The van der Waals surface area contributed by atoms with Crippen molar-refractivity contribution < 1.29 is 4.79 Å². The quantitative estimate of drug-likeness (QED) is 0.764. The average Bonchev–Trinajstić information content (AvgIpc) is 2.72. The molecule has 84 valence electrons. The van der Waals surface area contributed by atoms with Gasteiger partial charge >= 0.3 is 0 Å².